The van der Waals surface area contributed by atoms with Gasteiger partial charge in [0.15, 0.2) is 0 Å². The SMILES string of the molecule is CC(C)(C)NC(=O)[C@@H](Cc1ccccc1)N(Cc1ccc(Cl)cc1)C(=O)CN(c1cccc(Br)c1)S(=O)(=O)c1ccccc1. The van der Waals surface area contributed by atoms with Gasteiger partial charge in [-0.1, -0.05) is 94.3 Å². The van der Waals surface area contributed by atoms with Gasteiger partial charge in [-0.15, -0.1) is 0 Å². The van der Waals surface area contributed by atoms with Crippen LogP contribution in [0.5, 0.6) is 0 Å². The third-order valence-corrected chi connectivity index (χ3v) is 9.28. The summed E-state index contributed by atoms with van der Waals surface area (Å²) in [6, 6.07) is 30.2. The first-order valence-corrected chi connectivity index (χ1v) is 16.7. The molecule has 2 amide bonds. The van der Waals surface area contributed by atoms with E-state index in [1.807, 2.05) is 51.1 Å². The summed E-state index contributed by atoms with van der Waals surface area (Å²) < 4.78 is 29.8. The van der Waals surface area contributed by atoms with Gasteiger partial charge in [0.1, 0.15) is 12.6 Å². The Kier molecular flexibility index (Phi) is 10.9. The number of amides is 2. The lowest BCUT2D eigenvalue weighted by atomic mass is 10.0. The molecule has 0 aliphatic rings. The van der Waals surface area contributed by atoms with Crippen molar-refractivity contribution in [2.45, 2.75) is 50.2 Å². The number of nitrogens with zero attached hydrogens (tertiary/aromatic N) is 2. The highest BCUT2D eigenvalue weighted by Gasteiger charge is 2.35. The minimum absolute atomic E-state index is 0.0448. The molecule has 4 aromatic carbocycles. The number of sulfonamides is 1. The largest absolute Gasteiger partial charge is 0.350 e. The zero-order valence-electron chi connectivity index (χ0n) is 24.8. The zero-order chi connectivity index (χ0) is 31.9. The number of rotatable bonds is 11. The molecule has 0 aliphatic carbocycles. The van der Waals surface area contributed by atoms with Crippen LogP contribution in [0.3, 0.4) is 0 Å². The molecule has 230 valence electrons. The van der Waals surface area contributed by atoms with E-state index in [2.05, 4.69) is 21.2 Å². The summed E-state index contributed by atoms with van der Waals surface area (Å²) in [6.07, 6.45) is 0.227. The molecule has 0 spiro atoms. The molecule has 1 atom stereocenters. The summed E-state index contributed by atoms with van der Waals surface area (Å²) in [4.78, 5) is 29.9. The van der Waals surface area contributed by atoms with Crippen LogP contribution in [0.4, 0.5) is 5.69 Å². The molecule has 4 rings (SSSR count). The highest BCUT2D eigenvalue weighted by molar-refractivity contribution is 9.10. The maximum Gasteiger partial charge on any atom is 0.264 e. The molecule has 1 N–H and O–H groups in total. The van der Waals surface area contributed by atoms with Gasteiger partial charge >= 0.3 is 0 Å². The van der Waals surface area contributed by atoms with Crippen LogP contribution in [0.1, 0.15) is 31.9 Å². The molecule has 0 saturated heterocycles. The average molecular weight is 697 g/mol. The average Bonchev–Trinajstić information content (AvgIpc) is 2.98. The number of hydrogen-bond donors (Lipinski definition) is 1. The van der Waals surface area contributed by atoms with Gasteiger partial charge in [-0.3, -0.25) is 13.9 Å². The van der Waals surface area contributed by atoms with Crippen molar-refractivity contribution in [1.29, 1.82) is 0 Å². The second-order valence-electron chi connectivity index (χ2n) is 11.4. The van der Waals surface area contributed by atoms with Crippen molar-refractivity contribution in [3.8, 4) is 0 Å². The van der Waals surface area contributed by atoms with E-state index < -0.39 is 34.1 Å². The minimum Gasteiger partial charge on any atom is -0.350 e. The lowest BCUT2D eigenvalue weighted by Gasteiger charge is -2.35. The van der Waals surface area contributed by atoms with Gasteiger partial charge in [-0.05, 0) is 74.4 Å². The fourth-order valence-corrected chi connectivity index (χ4v) is 6.61. The van der Waals surface area contributed by atoms with Crippen molar-refractivity contribution < 1.29 is 18.0 Å². The first-order valence-electron chi connectivity index (χ1n) is 14.1. The highest BCUT2D eigenvalue weighted by atomic mass is 79.9. The Bertz CT molecular complexity index is 1680. The topological polar surface area (TPSA) is 86.8 Å². The minimum atomic E-state index is -4.16. The molecule has 0 bridgehead atoms. The van der Waals surface area contributed by atoms with Gasteiger partial charge in [0, 0.05) is 28.0 Å². The van der Waals surface area contributed by atoms with Crippen LogP contribution in [-0.4, -0.2) is 43.3 Å². The first kappa shape index (κ1) is 33.2. The molecular formula is C34H35BrClN3O4S. The van der Waals surface area contributed by atoms with E-state index in [1.54, 1.807) is 66.7 Å². The van der Waals surface area contributed by atoms with Gasteiger partial charge < -0.3 is 10.2 Å². The van der Waals surface area contributed by atoms with Crippen molar-refractivity contribution in [2.24, 2.45) is 0 Å². The Labute approximate surface area is 273 Å². The number of carbonyl (C=O) groups is 2. The fourth-order valence-electron chi connectivity index (χ4n) is 4.67. The molecule has 7 nitrogen and oxygen atoms in total. The van der Waals surface area contributed by atoms with Crippen LogP contribution >= 0.6 is 27.5 Å². The van der Waals surface area contributed by atoms with Gasteiger partial charge in [0.2, 0.25) is 11.8 Å². The van der Waals surface area contributed by atoms with Crippen molar-refractivity contribution >= 4 is 55.1 Å². The maximum absolute atomic E-state index is 14.5. The van der Waals surface area contributed by atoms with Gasteiger partial charge in [-0.25, -0.2) is 8.42 Å². The Morgan fingerprint density at radius 1 is 0.841 bits per heavy atom. The summed E-state index contributed by atoms with van der Waals surface area (Å²) in [7, 11) is -4.16. The number of hydrogen-bond acceptors (Lipinski definition) is 4. The van der Waals surface area contributed by atoms with Crippen LogP contribution in [0.15, 0.2) is 119 Å². The van der Waals surface area contributed by atoms with E-state index in [4.69, 9.17) is 11.6 Å². The molecule has 10 heteroatoms. The molecular weight excluding hydrogens is 662 g/mol. The lowest BCUT2D eigenvalue weighted by Crippen LogP contribution is -2.56. The fraction of sp³-hybridized carbons (Fsp3) is 0.235. The smallest absolute Gasteiger partial charge is 0.264 e. The Hall–Kier alpha value is -3.66. The van der Waals surface area contributed by atoms with Gasteiger partial charge in [-0.2, -0.15) is 0 Å². The Balaban J connectivity index is 1.81. The van der Waals surface area contributed by atoms with E-state index in [-0.39, 0.29) is 23.8 Å². The molecule has 0 heterocycles. The molecule has 0 unspecified atom stereocenters. The molecule has 44 heavy (non-hydrogen) atoms. The molecule has 4 aromatic rings. The highest BCUT2D eigenvalue weighted by Crippen LogP contribution is 2.27. The summed E-state index contributed by atoms with van der Waals surface area (Å²) in [6.45, 7) is 5.14. The van der Waals surface area contributed by atoms with E-state index in [9.17, 15) is 18.0 Å². The third-order valence-electron chi connectivity index (χ3n) is 6.74. The number of benzene rings is 4. The predicted octanol–water partition coefficient (Wildman–Crippen LogP) is 6.85. The summed E-state index contributed by atoms with van der Waals surface area (Å²) in [5, 5.41) is 3.56. The number of nitrogens with one attached hydrogen (secondary N) is 1. The van der Waals surface area contributed by atoms with Crippen molar-refractivity contribution in [2.75, 3.05) is 10.8 Å². The second kappa shape index (κ2) is 14.4. The number of carbonyl (C=O) groups excluding carboxylic acids is 2. The van der Waals surface area contributed by atoms with Gasteiger partial charge in [0.05, 0.1) is 10.6 Å². The summed E-state index contributed by atoms with van der Waals surface area (Å²) >= 11 is 9.57. The first-order chi connectivity index (χ1) is 20.8. The summed E-state index contributed by atoms with van der Waals surface area (Å²) in [5.74, 6) is -0.881. The van der Waals surface area contributed by atoms with Crippen LogP contribution in [0.25, 0.3) is 0 Å². The molecule has 0 fully saturated rings. The Morgan fingerprint density at radius 3 is 2.05 bits per heavy atom. The van der Waals surface area contributed by atoms with Crippen LogP contribution in [0.2, 0.25) is 5.02 Å². The van der Waals surface area contributed by atoms with Crippen molar-refractivity contribution in [3.63, 3.8) is 0 Å². The van der Waals surface area contributed by atoms with Crippen LogP contribution in [-0.2, 0) is 32.6 Å². The van der Waals surface area contributed by atoms with E-state index in [1.165, 1.54) is 17.0 Å². The summed E-state index contributed by atoms with van der Waals surface area (Å²) in [5.41, 5.74) is 1.34. The maximum atomic E-state index is 14.5. The zero-order valence-corrected chi connectivity index (χ0v) is 27.9. The molecule has 0 saturated carbocycles. The van der Waals surface area contributed by atoms with Crippen LogP contribution in [0, 0.1) is 0 Å². The standard InChI is InChI=1S/C34H35BrClN3O4S/c1-34(2,3)37-33(41)31(21-25-11-6-4-7-12-25)38(23-26-17-19-28(36)20-18-26)32(40)24-39(29-14-10-13-27(35)22-29)44(42,43)30-15-8-5-9-16-30/h4-20,22,31H,21,23-24H2,1-3H3,(H,37,41)/t31-/m1/s1. The van der Waals surface area contributed by atoms with E-state index >= 15 is 0 Å². The number of anilines is 1. The van der Waals surface area contributed by atoms with Crippen LogP contribution < -0.4 is 9.62 Å². The Morgan fingerprint density at radius 2 is 1.45 bits per heavy atom. The lowest BCUT2D eigenvalue weighted by molar-refractivity contribution is -0.140. The van der Waals surface area contributed by atoms with Crippen molar-refractivity contribution in [3.05, 3.63) is 130 Å². The second-order valence-corrected chi connectivity index (χ2v) is 14.6. The van der Waals surface area contributed by atoms with Crippen molar-refractivity contribution in [1.82, 2.24) is 10.2 Å². The van der Waals surface area contributed by atoms with E-state index in [0.717, 1.165) is 15.4 Å². The number of halogens is 2. The van der Waals surface area contributed by atoms with E-state index in [0.29, 0.717) is 15.2 Å². The monoisotopic (exact) mass is 695 g/mol. The molecule has 0 radical (unpaired) electrons. The normalized spacial score (nSPS) is 12.3. The van der Waals surface area contributed by atoms with Gasteiger partial charge in [0.25, 0.3) is 10.0 Å². The molecule has 0 aliphatic heterocycles. The quantitative estimate of drug-likeness (QED) is 0.186. The molecule has 0 aromatic heterocycles. The third kappa shape index (κ3) is 8.94. The predicted molar refractivity (Wildman–Crippen MR) is 179 cm³/mol.